The van der Waals surface area contributed by atoms with E-state index in [-0.39, 0.29) is 10.8 Å². The normalized spacial score (nSPS) is 60.5. The summed E-state index contributed by atoms with van der Waals surface area (Å²) in [4.78, 5) is 0. The van der Waals surface area contributed by atoms with Gasteiger partial charge in [-0.25, -0.2) is 0 Å². The average molecular weight is 324 g/mol. The van der Waals surface area contributed by atoms with Crippen LogP contribution in [0.5, 0.6) is 0 Å². The molecule has 0 aromatic carbocycles. The fraction of sp³-hybridized carbons (Fsp3) is 1.00. The standard InChI is InChI=1S/C17H24O6/c1-2-15(6-14-13(1)23-14)7-18-17(19-8-15)20-9-16(10-21-17)4-11-3-12(5-16)22-11/h11-14H,1-10H2. The van der Waals surface area contributed by atoms with Crippen LogP contribution < -0.4 is 0 Å². The van der Waals surface area contributed by atoms with E-state index in [1.165, 1.54) is 6.42 Å². The van der Waals surface area contributed by atoms with E-state index < -0.39 is 6.16 Å². The number of ether oxygens (including phenoxy) is 6. The van der Waals surface area contributed by atoms with Crippen LogP contribution in [0.1, 0.15) is 38.5 Å². The molecule has 6 heteroatoms. The van der Waals surface area contributed by atoms with Crippen molar-refractivity contribution in [3.8, 4) is 0 Å². The van der Waals surface area contributed by atoms with Crippen LogP contribution in [0.15, 0.2) is 0 Å². The van der Waals surface area contributed by atoms with Crippen molar-refractivity contribution < 1.29 is 28.4 Å². The zero-order chi connectivity index (χ0) is 15.1. The molecule has 3 spiro atoms. The van der Waals surface area contributed by atoms with Gasteiger partial charge in [0.1, 0.15) is 0 Å². The summed E-state index contributed by atoms with van der Waals surface area (Å²) in [7, 11) is 0. The molecule has 5 aliphatic heterocycles. The predicted octanol–water partition coefficient (Wildman–Crippen LogP) is 1.57. The summed E-state index contributed by atoms with van der Waals surface area (Å²) in [6.07, 6.45) is 7.00. The maximum Gasteiger partial charge on any atom is 0.412 e. The Morgan fingerprint density at radius 1 is 0.652 bits per heavy atom. The molecule has 23 heavy (non-hydrogen) atoms. The molecular weight excluding hydrogens is 300 g/mol. The summed E-state index contributed by atoms with van der Waals surface area (Å²) < 4.78 is 35.3. The summed E-state index contributed by atoms with van der Waals surface area (Å²) in [5.41, 5.74) is 0.184. The quantitative estimate of drug-likeness (QED) is 0.631. The van der Waals surface area contributed by atoms with Gasteiger partial charge < -0.3 is 28.4 Å². The molecule has 0 radical (unpaired) electrons. The van der Waals surface area contributed by atoms with E-state index in [1.54, 1.807) is 0 Å². The monoisotopic (exact) mass is 324 g/mol. The van der Waals surface area contributed by atoms with Crippen LogP contribution in [0, 0.1) is 10.8 Å². The molecule has 2 bridgehead atoms. The minimum absolute atomic E-state index is 0.0884. The predicted molar refractivity (Wildman–Crippen MR) is 76.4 cm³/mol. The van der Waals surface area contributed by atoms with Crippen molar-refractivity contribution in [3.05, 3.63) is 0 Å². The third kappa shape index (κ3) is 2.16. The second-order valence-corrected chi connectivity index (χ2v) is 8.63. The molecule has 7 rings (SSSR count). The fourth-order valence-corrected chi connectivity index (χ4v) is 5.25. The second kappa shape index (κ2) is 4.48. The van der Waals surface area contributed by atoms with Gasteiger partial charge in [-0.3, -0.25) is 0 Å². The van der Waals surface area contributed by atoms with E-state index in [1.807, 2.05) is 0 Å². The van der Waals surface area contributed by atoms with E-state index in [2.05, 4.69) is 0 Å². The zero-order valence-corrected chi connectivity index (χ0v) is 13.3. The van der Waals surface area contributed by atoms with Crippen molar-refractivity contribution in [2.75, 3.05) is 26.4 Å². The Balaban J connectivity index is 1.10. The third-order valence-electron chi connectivity index (χ3n) is 6.73. The van der Waals surface area contributed by atoms with Crippen molar-refractivity contribution in [2.24, 2.45) is 10.8 Å². The highest BCUT2D eigenvalue weighted by Crippen LogP contribution is 2.52. The summed E-state index contributed by atoms with van der Waals surface area (Å²) in [5.74, 6) is 0. The minimum atomic E-state index is -1.26. The number of epoxide rings is 1. The highest BCUT2D eigenvalue weighted by molar-refractivity contribution is 5.01. The smallest absolute Gasteiger partial charge is 0.375 e. The lowest BCUT2D eigenvalue weighted by atomic mass is 9.69. The minimum Gasteiger partial charge on any atom is -0.375 e. The number of hydrogen-bond donors (Lipinski definition) is 0. The van der Waals surface area contributed by atoms with Gasteiger partial charge in [0, 0.05) is 10.8 Å². The highest BCUT2D eigenvalue weighted by atomic mass is 17.0. The van der Waals surface area contributed by atoms with Crippen LogP contribution in [0.2, 0.25) is 0 Å². The van der Waals surface area contributed by atoms with Crippen molar-refractivity contribution >= 4 is 0 Å². The molecule has 2 saturated carbocycles. The Morgan fingerprint density at radius 2 is 1.26 bits per heavy atom. The maximum absolute atomic E-state index is 5.99. The molecule has 5 saturated heterocycles. The second-order valence-electron chi connectivity index (χ2n) is 8.63. The van der Waals surface area contributed by atoms with Crippen molar-refractivity contribution in [1.82, 2.24) is 0 Å². The lowest BCUT2D eigenvalue weighted by molar-refractivity contribution is -0.551. The number of hydrogen-bond acceptors (Lipinski definition) is 6. The lowest BCUT2D eigenvalue weighted by Crippen LogP contribution is -2.62. The van der Waals surface area contributed by atoms with Gasteiger partial charge in [-0.2, -0.15) is 0 Å². The van der Waals surface area contributed by atoms with Gasteiger partial charge in [0.25, 0.3) is 0 Å². The van der Waals surface area contributed by atoms with Gasteiger partial charge in [0.2, 0.25) is 0 Å². The summed E-state index contributed by atoms with van der Waals surface area (Å²) in [6.45, 7) is 2.57. The molecule has 128 valence electrons. The van der Waals surface area contributed by atoms with E-state index in [0.717, 1.165) is 32.1 Å². The molecule has 0 aromatic heterocycles. The van der Waals surface area contributed by atoms with Gasteiger partial charge in [0.05, 0.1) is 50.8 Å². The first-order valence-corrected chi connectivity index (χ1v) is 9.03. The Morgan fingerprint density at radius 3 is 1.87 bits per heavy atom. The number of rotatable bonds is 0. The molecule has 6 nitrogen and oxygen atoms in total. The molecular formula is C17H24O6. The number of fused-ring (bicyclic) bond motifs is 1. The largest absolute Gasteiger partial charge is 0.412 e. The zero-order valence-electron chi connectivity index (χ0n) is 13.3. The lowest BCUT2D eigenvalue weighted by Gasteiger charge is -2.56. The van der Waals surface area contributed by atoms with Crippen LogP contribution in [-0.4, -0.2) is 57.0 Å². The van der Waals surface area contributed by atoms with E-state index in [0.29, 0.717) is 50.8 Å². The van der Waals surface area contributed by atoms with Crippen molar-refractivity contribution in [2.45, 2.75) is 69.1 Å². The Labute approximate surface area is 135 Å². The van der Waals surface area contributed by atoms with Gasteiger partial charge in [-0.1, -0.05) is 0 Å². The summed E-state index contributed by atoms with van der Waals surface area (Å²) >= 11 is 0. The van der Waals surface area contributed by atoms with Crippen LogP contribution >= 0.6 is 0 Å². The molecule has 0 amide bonds. The Kier molecular flexibility index (Phi) is 2.72. The van der Waals surface area contributed by atoms with Gasteiger partial charge >= 0.3 is 6.16 Å². The molecule has 4 atom stereocenters. The van der Waals surface area contributed by atoms with Crippen LogP contribution in [0.25, 0.3) is 0 Å². The van der Waals surface area contributed by atoms with Crippen LogP contribution in [-0.2, 0) is 28.4 Å². The molecule has 5 heterocycles. The SMILES string of the molecule is C1C2CC3(COC4(OC3)OCC3(CCC5OC5C3)CO4)CC1O2. The first-order chi connectivity index (χ1) is 11.2. The van der Waals surface area contributed by atoms with E-state index in [4.69, 9.17) is 28.4 Å². The Bertz CT molecular complexity index is 459. The van der Waals surface area contributed by atoms with Crippen molar-refractivity contribution in [3.63, 3.8) is 0 Å². The highest BCUT2D eigenvalue weighted by Gasteiger charge is 2.59. The average Bonchev–Trinajstić information content (AvgIpc) is 3.32. The van der Waals surface area contributed by atoms with E-state index in [9.17, 15) is 0 Å². The van der Waals surface area contributed by atoms with E-state index >= 15 is 0 Å². The van der Waals surface area contributed by atoms with Gasteiger partial charge in [-0.05, 0) is 38.5 Å². The van der Waals surface area contributed by atoms with Gasteiger partial charge in [-0.15, -0.1) is 0 Å². The molecule has 0 N–H and O–H groups in total. The van der Waals surface area contributed by atoms with Gasteiger partial charge in [0.15, 0.2) is 0 Å². The molecule has 4 unspecified atom stereocenters. The summed E-state index contributed by atoms with van der Waals surface area (Å²) in [6, 6.07) is 0. The first kappa shape index (κ1) is 14.0. The maximum atomic E-state index is 5.99. The topological polar surface area (TPSA) is 58.7 Å². The first-order valence-electron chi connectivity index (χ1n) is 9.03. The van der Waals surface area contributed by atoms with Crippen LogP contribution in [0.4, 0.5) is 0 Å². The third-order valence-corrected chi connectivity index (χ3v) is 6.73. The fourth-order valence-electron chi connectivity index (χ4n) is 5.25. The summed E-state index contributed by atoms with van der Waals surface area (Å²) in [5, 5.41) is 0. The molecule has 7 aliphatic rings. The Hall–Kier alpha value is -0.240. The molecule has 2 aliphatic carbocycles. The molecule has 0 aromatic rings. The van der Waals surface area contributed by atoms with Crippen molar-refractivity contribution in [1.29, 1.82) is 0 Å². The van der Waals surface area contributed by atoms with Crippen LogP contribution in [0.3, 0.4) is 0 Å². The molecule has 7 fully saturated rings.